The average molecular weight is 240 g/mol. The van der Waals surface area contributed by atoms with Gasteiger partial charge in [0.2, 0.25) is 0 Å². The molecule has 1 unspecified atom stereocenters. The van der Waals surface area contributed by atoms with Crippen LogP contribution >= 0.6 is 0 Å². The number of anilines is 1. The molecule has 0 saturated carbocycles. The molecule has 2 heteroatoms. The number of nitrogens with two attached hydrogens (primary N) is 1. The molecule has 0 aliphatic heterocycles. The predicted octanol–water partition coefficient (Wildman–Crippen LogP) is 3.08. The second kappa shape index (κ2) is 5.69. The van der Waals surface area contributed by atoms with Crippen LogP contribution in [0.3, 0.4) is 0 Å². The maximum absolute atomic E-state index is 6.00. The summed E-state index contributed by atoms with van der Waals surface area (Å²) in [6, 6.07) is 17.0. The number of benzene rings is 2. The summed E-state index contributed by atoms with van der Waals surface area (Å²) in [5.41, 5.74) is 10.6. The number of aryl methyl sites for hydroxylation is 1. The van der Waals surface area contributed by atoms with E-state index in [4.69, 9.17) is 5.73 Å². The van der Waals surface area contributed by atoms with Crippen molar-refractivity contribution in [2.45, 2.75) is 19.4 Å². The summed E-state index contributed by atoms with van der Waals surface area (Å²) < 4.78 is 0. The van der Waals surface area contributed by atoms with Crippen LogP contribution in [-0.4, -0.2) is 7.05 Å². The van der Waals surface area contributed by atoms with Crippen LogP contribution in [-0.2, 0) is 6.42 Å². The summed E-state index contributed by atoms with van der Waals surface area (Å²) in [4.78, 5) is 0. The molecular formula is C16H20N2. The third kappa shape index (κ3) is 2.90. The zero-order chi connectivity index (χ0) is 13.0. The maximum atomic E-state index is 6.00. The largest absolute Gasteiger partial charge is 0.399 e. The van der Waals surface area contributed by atoms with Crippen molar-refractivity contribution in [1.82, 2.24) is 5.32 Å². The van der Waals surface area contributed by atoms with E-state index < -0.39 is 0 Å². The topological polar surface area (TPSA) is 38.0 Å². The number of rotatable bonds is 4. The van der Waals surface area contributed by atoms with Crippen LogP contribution in [0.1, 0.15) is 22.7 Å². The molecule has 2 aromatic rings. The second-order valence-corrected chi connectivity index (χ2v) is 4.65. The highest BCUT2D eigenvalue weighted by Crippen LogP contribution is 2.21. The van der Waals surface area contributed by atoms with Gasteiger partial charge in [0.25, 0.3) is 0 Å². The molecule has 0 aromatic heterocycles. The molecule has 94 valence electrons. The molecule has 2 aromatic carbocycles. The molecule has 0 heterocycles. The van der Waals surface area contributed by atoms with E-state index in [2.05, 4.69) is 42.6 Å². The summed E-state index contributed by atoms with van der Waals surface area (Å²) in [6.07, 6.45) is 0.909. The smallest absolute Gasteiger partial charge is 0.0359 e. The first-order chi connectivity index (χ1) is 8.70. The number of hydrogen-bond acceptors (Lipinski definition) is 2. The fourth-order valence-electron chi connectivity index (χ4n) is 2.13. The van der Waals surface area contributed by atoms with E-state index in [1.807, 2.05) is 25.2 Å². The molecule has 0 saturated heterocycles. The van der Waals surface area contributed by atoms with Crippen molar-refractivity contribution < 1.29 is 0 Å². The molecule has 3 N–H and O–H groups in total. The summed E-state index contributed by atoms with van der Waals surface area (Å²) >= 11 is 0. The summed E-state index contributed by atoms with van der Waals surface area (Å²) in [5.74, 6) is 0. The molecule has 1 atom stereocenters. The Labute approximate surface area is 109 Å². The van der Waals surface area contributed by atoms with Gasteiger partial charge in [0.15, 0.2) is 0 Å². The lowest BCUT2D eigenvalue weighted by Gasteiger charge is -2.18. The van der Waals surface area contributed by atoms with E-state index in [1.165, 1.54) is 16.7 Å². The lowest BCUT2D eigenvalue weighted by molar-refractivity contribution is 0.593. The fourth-order valence-corrected chi connectivity index (χ4v) is 2.13. The standard InChI is InChI=1S/C16H20N2/c1-12-7-9-13(10-8-12)16(18-2)11-14-5-3-4-6-15(14)17/h3-10,16,18H,11,17H2,1-2H3. The van der Waals surface area contributed by atoms with Crippen LogP contribution in [0.2, 0.25) is 0 Å². The lowest BCUT2D eigenvalue weighted by Crippen LogP contribution is -2.19. The van der Waals surface area contributed by atoms with Crippen molar-refractivity contribution in [3.63, 3.8) is 0 Å². The zero-order valence-electron chi connectivity index (χ0n) is 11.0. The van der Waals surface area contributed by atoms with Gasteiger partial charge < -0.3 is 11.1 Å². The van der Waals surface area contributed by atoms with Gasteiger partial charge in [-0.3, -0.25) is 0 Å². The van der Waals surface area contributed by atoms with Crippen LogP contribution in [0.25, 0.3) is 0 Å². The lowest BCUT2D eigenvalue weighted by atomic mass is 9.97. The Hall–Kier alpha value is -1.80. The normalized spacial score (nSPS) is 12.3. The van der Waals surface area contributed by atoms with Crippen molar-refractivity contribution in [2.75, 3.05) is 12.8 Å². The molecular weight excluding hydrogens is 220 g/mol. The minimum Gasteiger partial charge on any atom is -0.399 e. The Morgan fingerprint density at radius 3 is 2.33 bits per heavy atom. The van der Waals surface area contributed by atoms with Crippen molar-refractivity contribution in [2.24, 2.45) is 0 Å². The van der Waals surface area contributed by atoms with E-state index in [1.54, 1.807) is 0 Å². The van der Waals surface area contributed by atoms with Gasteiger partial charge in [0.1, 0.15) is 0 Å². The second-order valence-electron chi connectivity index (χ2n) is 4.65. The first kappa shape index (κ1) is 12.7. The number of nitrogen functional groups attached to an aromatic ring is 1. The van der Waals surface area contributed by atoms with Gasteiger partial charge in [0.05, 0.1) is 0 Å². The van der Waals surface area contributed by atoms with Crippen LogP contribution in [0.4, 0.5) is 5.69 Å². The number of nitrogens with one attached hydrogen (secondary N) is 1. The van der Waals surface area contributed by atoms with Crippen LogP contribution in [0.15, 0.2) is 48.5 Å². The van der Waals surface area contributed by atoms with Crippen LogP contribution in [0, 0.1) is 6.92 Å². The Morgan fingerprint density at radius 1 is 1.06 bits per heavy atom. The quantitative estimate of drug-likeness (QED) is 0.806. The van der Waals surface area contributed by atoms with Gasteiger partial charge in [-0.25, -0.2) is 0 Å². The Balaban J connectivity index is 2.20. The molecule has 2 rings (SSSR count). The Morgan fingerprint density at radius 2 is 1.72 bits per heavy atom. The maximum Gasteiger partial charge on any atom is 0.0359 e. The van der Waals surface area contributed by atoms with E-state index in [-0.39, 0.29) is 0 Å². The van der Waals surface area contributed by atoms with Gasteiger partial charge in [-0.05, 0) is 37.6 Å². The van der Waals surface area contributed by atoms with E-state index in [9.17, 15) is 0 Å². The SMILES string of the molecule is CNC(Cc1ccccc1N)c1ccc(C)cc1. The number of para-hydroxylation sites is 1. The summed E-state index contributed by atoms with van der Waals surface area (Å²) in [7, 11) is 1.99. The van der Waals surface area contributed by atoms with Crippen LogP contribution in [0.5, 0.6) is 0 Å². The molecule has 0 aliphatic carbocycles. The minimum absolute atomic E-state index is 0.301. The average Bonchev–Trinajstić information content (AvgIpc) is 2.39. The first-order valence-corrected chi connectivity index (χ1v) is 6.28. The van der Waals surface area contributed by atoms with Crippen molar-refractivity contribution >= 4 is 5.69 Å². The molecule has 2 nitrogen and oxygen atoms in total. The van der Waals surface area contributed by atoms with Crippen molar-refractivity contribution in [1.29, 1.82) is 0 Å². The fraction of sp³-hybridized carbons (Fsp3) is 0.250. The highest BCUT2D eigenvalue weighted by molar-refractivity contribution is 5.47. The Kier molecular flexibility index (Phi) is 4.00. The molecule has 18 heavy (non-hydrogen) atoms. The van der Waals surface area contributed by atoms with E-state index >= 15 is 0 Å². The van der Waals surface area contributed by atoms with E-state index in [0.29, 0.717) is 6.04 Å². The van der Waals surface area contributed by atoms with Gasteiger partial charge in [-0.15, -0.1) is 0 Å². The Bertz CT molecular complexity index is 503. The third-order valence-corrected chi connectivity index (χ3v) is 3.31. The van der Waals surface area contributed by atoms with E-state index in [0.717, 1.165) is 12.1 Å². The van der Waals surface area contributed by atoms with Crippen molar-refractivity contribution in [3.8, 4) is 0 Å². The highest BCUT2D eigenvalue weighted by atomic mass is 14.9. The molecule has 0 radical (unpaired) electrons. The molecule has 0 spiro atoms. The number of hydrogen-bond donors (Lipinski definition) is 2. The zero-order valence-corrected chi connectivity index (χ0v) is 11.0. The minimum atomic E-state index is 0.301. The molecule has 0 bridgehead atoms. The first-order valence-electron chi connectivity index (χ1n) is 6.28. The highest BCUT2D eigenvalue weighted by Gasteiger charge is 2.11. The predicted molar refractivity (Wildman–Crippen MR) is 77.5 cm³/mol. The molecule has 0 aliphatic rings. The molecule has 0 amide bonds. The van der Waals surface area contributed by atoms with Gasteiger partial charge in [-0.2, -0.15) is 0 Å². The molecule has 0 fully saturated rings. The van der Waals surface area contributed by atoms with Gasteiger partial charge in [0, 0.05) is 11.7 Å². The van der Waals surface area contributed by atoms with Gasteiger partial charge in [-0.1, -0.05) is 48.0 Å². The summed E-state index contributed by atoms with van der Waals surface area (Å²) in [5, 5.41) is 3.36. The summed E-state index contributed by atoms with van der Waals surface area (Å²) in [6.45, 7) is 2.10. The number of likely N-dealkylation sites (N-methyl/N-ethyl adjacent to an activating group) is 1. The third-order valence-electron chi connectivity index (χ3n) is 3.31. The van der Waals surface area contributed by atoms with Crippen molar-refractivity contribution in [3.05, 3.63) is 65.2 Å². The monoisotopic (exact) mass is 240 g/mol. The van der Waals surface area contributed by atoms with Crippen LogP contribution < -0.4 is 11.1 Å². The van der Waals surface area contributed by atoms with Gasteiger partial charge >= 0.3 is 0 Å².